The maximum atomic E-state index is 12.4. The Hall–Kier alpha value is -1.95. The van der Waals surface area contributed by atoms with Crippen LogP contribution in [0.25, 0.3) is 0 Å². The van der Waals surface area contributed by atoms with E-state index in [4.69, 9.17) is 0 Å². The third-order valence-corrected chi connectivity index (χ3v) is 3.69. The minimum Gasteiger partial charge on any atom is -0.369 e. The van der Waals surface area contributed by atoms with E-state index in [1.807, 2.05) is 31.4 Å². The number of amides is 1. The average molecular weight is 290 g/mol. The van der Waals surface area contributed by atoms with Crippen LogP contribution in [0.5, 0.6) is 0 Å². The molecule has 0 aromatic carbocycles. The van der Waals surface area contributed by atoms with Crippen molar-refractivity contribution in [3.63, 3.8) is 0 Å². The molecular formula is C14H18N4OS. The van der Waals surface area contributed by atoms with Crippen molar-refractivity contribution in [3.8, 4) is 0 Å². The Kier molecular flexibility index (Phi) is 5.06. The van der Waals surface area contributed by atoms with Crippen LogP contribution < -0.4 is 5.32 Å². The number of hydrogen-bond acceptors (Lipinski definition) is 5. The van der Waals surface area contributed by atoms with E-state index in [1.165, 1.54) is 6.20 Å². The van der Waals surface area contributed by atoms with Crippen LogP contribution in [0.2, 0.25) is 0 Å². The second kappa shape index (κ2) is 7.00. The van der Waals surface area contributed by atoms with Gasteiger partial charge in [0, 0.05) is 18.0 Å². The molecule has 5 nitrogen and oxygen atoms in total. The van der Waals surface area contributed by atoms with Crippen molar-refractivity contribution in [1.82, 2.24) is 14.9 Å². The van der Waals surface area contributed by atoms with E-state index in [9.17, 15) is 4.79 Å². The third-order valence-electron chi connectivity index (χ3n) is 2.82. The summed E-state index contributed by atoms with van der Waals surface area (Å²) in [6.07, 6.45) is 3.12. The lowest BCUT2D eigenvalue weighted by atomic mass is 10.3. The van der Waals surface area contributed by atoms with E-state index in [1.54, 1.807) is 22.4 Å². The van der Waals surface area contributed by atoms with Gasteiger partial charge in [-0.05, 0) is 25.3 Å². The first-order valence-corrected chi connectivity index (χ1v) is 7.50. The van der Waals surface area contributed by atoms with Gasteiger partial charge in [0.1, 0.15) is 11.5 Å². The van der Waals surface area contributed by atoms with Gasteiger partial charge in [-0.15, -0.1) is 11.3 Å². The summed E-state index contributed by atoms with van der Waals surface area (Å²) >= 11 is 1.65. The number of carbonyl (C=O) groups excluding carboxylic acids is 1. The minimum atomic E-state index is -0.0866. The number of nitrogens with zero attached hydrogens (tertiary/aromatic N) is 3. The molecule has 0 spiro atoms. The van der Waals surface area contributed by atoms with Crippen LogP contribution in [0.1, 0.15) is 29.2 Å². The lowest BCUT2D eigenvalue weighted by molar-refractivity contribution is 0.0748. The van der Waals surface area contributed by atoms with Crippen LogP contribution in [0.3, 0.4) is 0 Å². The van der Waals surface area contributed by atoms with Gasteiger partial charge in [-0.2, -0.15) is 0 Å². The highest BCUT2D eigenvalue weighted by Gasteiger charge is 2.16. The van der Waals surface area contributed by atoms with Gasteiger partial charge in [-0.1, -0.05) is 6.07 Å². The minimum absolute atomic E-state index is 0.0866. The van der Waals surface area contributed by atoms with Crippen molar-refractivity contribution in [1.29, 1.82) is 0 Å². The molecule has 0 aliphatic rings. The summed E-state index contributed by atoms with van der Waals surface area (Å²) in [6, 6.07) is 4.02. The Balaban J connectivity index is 2.07. The van der Waals surface area contributed by atoms with Crippen LogP contribution in [-0.4, -0.2) is 33.9 Å². The number of hydrogen-bond donors (Lipinski definition) is 1. The highest BCUT2D eigenvalue weighted by molar-refractivity contribution is 7.09. The fourth-order valence-electron chi connectivity index (χ4n) is 1.79. The predicted molar refractivity (Wildman–Crippen MR) is 80.9 cm³/mol. The number of rotatable bonds is 6. The summed E-state index contributed by atoms with van der Waals surface area (Å²) in [7, 11) is 0. The van der Waals surface area contributed by atoms with E-state index in [2.05, 4.69) is 15.3 Å². The zero-order chi connectivity index (χ0) is 14.4. The molecule has 0 unspecified atom stereocenters. The van der Waals surface area contributed by atoms with Gasteiger partial charge in [-0.3, -0.25) is 4.79 Å². The summed E-state index contributed by atoms with van der Waals surface area (Å²) in [5.74, 6) is 0.599. The van der Waals surface area contributed by atoms with Crippen LogP contribution in [0, 0.1) is 0 Å². The Morgan fingerprint density at radius 1 is 1.35 bits per heavy atom. The fraction of sp³-hybridized carbons (Fsp3) is 0.357. The summed E-state index contributed by atoms with van der Waals surface area (Å²) in [4.78, 5) is 23.7. The van der Waals surface area contributed by atoms with E-state index < -0.39 is 0 Å². The first-order valence-electron chi connectivity index (χ1n) is 6.62. The molecule has 0 aliphatic carbocycles. The molecule has 2 rings (SSSR count). The van der Waals surface area contributed by atoms with E-state index >= 15 is 0 Å². The zero-order valence-electron chi connectivity index (χ0n) is 11.7. The van der Waals surface area contributed by atoms with Gasteiger partial charge >= 0.3 is 0 Å². The Bertz CT molecular complexity index is 539. The van der Waals surface area contributed by atoms with Crippen LogP contribution in [0.4, 0.5) is 5.82 Å². The fourth-order valence-corrected chi connectivity index (χ4v) is 2.51. The molecule has 1 amide bonds. The van der Waals surface area contributed by atoms with Gasteiger partial charge in [0.05, 0.1) is 18.9 Å². The predicted octanol–water partition coefficient (Wildman–Crippen LogP) is 2.63. The first-order chi connectivity index (χ1) is 9.74. The molecule has 6 heteroatoms. The summed E-state index contributed by atoms with van der Waals surface area (Å²) in [5, 5.41) is 5.07. The molecule has 1 N–H and O–H groups in total. The molecule has 2 aromatic rings. The normalized spacial score (nSPS) is 10.3. The van der Waals surface area contributed by atoms with E-state index in [0.717, 1.165) is 11.4 Å². The van der Waals surface area contributed by atoms with Crippen LogP contribution in [0.15, 0.2) is 29.9 Å². The highest BCUT2D eigenvalue weighted by Crippen LogP contribution is 2.13. The van der Waals surface area contributed by atoms with Gasteiger partial charge in [-0.25, -0.2) is 9.97 Å². The topological polar surface area (TPSA) is 58.1 Å². The van der Waals surface area contributed by atoms with Gasteiger partial charge in [0.15, 0.2) is 0 Å². The lowest BCUT2D eigenvalue weighted by Gasteiger charge is -2.19. The molecule has 106 valence electrons. The molecule has 0 radical (unpaired) electrons. The summed E-state index contributed by atoms with van der Waals surface area (Å²) in [5.41, 5.74) is 0.380. The molecule has 2 aromatic heterocycles. The third kappa shape index (κ3) is 3.54. The van der Waals surface area contributed by atoms with Gasteiger partial charge < -0.3 is 10.2 Å². The number of thiophene rings is 1. The van der Waals surface area contributed by atoms with Crippen molar-refractivity contribution >= 4 is 23.1 Å². The van der Waals surface area contributed by atoms with E-state index in [0.29, 0.717) is 24.6 Å². The Labute approximate surface area is 122 Å². The van der Waals surface area contributed by atoms with Crippen molar-refractivity contribution in [2.75, 3.05) is 18.4 Å². The van der Waals surface area contributed by atoms with Crippen molar-refractivity contribution in [3.05, 3.63) is 40.5 Å². The standard InChI is InChI=1S/C14H18N4OS/c1-3-15-13-9-16-12(8-17-13)14(19)18(4-2)10-11-6-5-7-20-11/h5-9H,3-4,10H2,1-2H3,(H,15,17). The largest absolute Gasteiger partial charge is 0.369 e. The van der Waals surface area contributed by atoms with E-state index in [-0.39, 0.29) is 5.91 Å². The van der Waals surface area contributed by atoms with Crippen LogP contribution in [-0.2, 0) is 6.54 Å². The average Bonchev–Trinajstić information content (AvgIpc) is 2.98. The molecule has 0 saturated heterocycles. The number of anilines is 1. The summed E-state index contributed by atoms with van der Waals surface area (Å²) < 4.78 is 0. The second-order valence-corrected chi connectivity index (χ2v) is 5.25. The van der Waals surface area contributed by atoms with Crippen molar-refractivity contribution in [2.24, 2.45) is 0 Å². The molecule has 0 saturated carbocycles. The number of nitrogens with one attached hydrogen (secondary N) is 1. The number of aromatic nitrogens is 2. The maximum Gasteiger partial charge on any atom is 0.274 e. The molecule has 20 heavy (non-hydrogen) atoms. The molecule has 0 bridgehead atoms. The molecule has 2 heterocycles. The smallest absolute Gasteiger partial charge is 0.274 e. The Morgan fingerprint density at radius 2 is 2.20 bits per heavy atom. The quantitative estimate of drug-likeness (QED) is 0.888. The van der Waals surface area contributed by atoms with Crippen molar-refractivity contribution in [2.45, 2.75) is 20.4 Å². The van der Waals surface area contributed by atoms with Gasteiger partial charge in [0.25, 0.3) is 5.91 Å². The lowest BCUT2D eigenvalue weighted by Crippen LogP contribution is -2.30. The number of carbonyl (C=O) groups is 1. The SMILES string of the molecule is CCNc1cnc(C(=O)N(CC)Cc2cccs2)cn1. The summed E-state index contributed by atoms with van der Waals surface area (Å²) in [6.45, 7) is 5.99. The monoisotopic (exact) mass is 290 g/mol. The molecular weight excluding hydrogens is 272 g/mol. The van der Waals surface area contributed by atoms with Crippen LogP contribution >= 0.6 is 11.3 Å². The molecule has 0 atom stereocenters. The maximum absolute atomic E-state index is 12.4. The molecule has 0 fully saturated rings. The zero-order valence-corrected chi connectivity index (χ0v) is 12.5. The van der Waals surface area contributed by atoms with Gasteiger partial charge in [0.2, 0.25) is 0 Å². The second-order valence-electron chi connectivity index (χ2n) is 4.22. The highest BCUT2D eigenvalue weighted by atomic mass is 32.1. The first kappa shape index (κ1) is 14.5. The Morgan fingerprint density at radius 3 is 2.75 bits per heavy atom. The molecule has 0 aliphatic heterocycles. The van der Waals surface area contributed by atoms with Crippen molar-refractivity contribution < 1.29 is 4.79 Å².